The van der Waals surface area contributed by atoms with Gasteiger partial charge in [-0.1, -0.05) is 111 Å². The van der Waals surface area contributed by atoms with Gasteiger partial charge in [0, 0.05) is 60.1 Å². The maximum atomic E-state index is 14.9. The Balaban J connectivity index is 1.77. The first-order valence-corrected chi connectivity index (χ1v) is 31.9. The zero-order valence-corrected chi connectivity index (χ0v) is 57.3. The maximum Gasteiger partial charge on any atom is 0.491 e. The third-order valence-electron chi connectivity index (χ3n) is 16.8. The molecule has 0 aromatic heterocycles. The zero-order chi connectivity index (χ0) is 70.4. The molecule has 24 nitrogen and oxygen atoms in total. The predicted octanol–water partition coefficient (Wildman–Crippen LogP) is 6.05. The highest BCUT2D eigenvalue weighted by molar-refractivity contribution is 6.00. The number of methoxy groups -OCH3 is 2. The van der Waals surface area contributed by atoms with Gasteiger partial charge in [0.05, 0.1) is 42.7 Å². The number of anilines is 1. The predicted molar refractivity (Wildman–Crippen MR) is 344 cm³/mol. The standard InChI is InChI=1S/C66H103F3N10O14/c1-18-41(8)54(49(90-16)37-50(80)79-34-23-27-48(79)55(91-17)42(9)56(81)73-47(36-44-24-20-19-21-25-44)61(86)92-62(87)66(67,68)69)78(15)60(85)52(39(4)5)74-58(83)53(40(6)7)76(13)35-32-43-28-30-45(31-29-43)77(14)59(84)46(26-22-33-71-63(70)88)72-57(82)51(38(2)3)75-64(89)93-65(10,11)12/h19-21,24-25,28-31,38-42,46-49,51-55H,18,22-23,26-27,32-37H2,1-17H3,(H,72,82)(H,73,81)(H,74,83)(H,75,89)(H3,70,71,88)/t41-,42+,46-,47-,48-,49+,51-,52-,53-,54-,55+/m0/s1. The molecule has 0 bridgehead atoms. The summed E-state index contributed by atoms with van der Waals surface area (Å²) in [7, 11) is 7.83. The van der Waals surface area contributed by atoms with Gasteiger partial charge in [0.2, 0.25) is 35.4 Å². The van der Waals surface area contributed by atoms with Crippen molar-refractivity contribution < 1.29 is 80.1 Å². The van der Waals surface area contributed by atoms with E-state index in [0.717, 1.165) is 5.56 Å². The molecule has 1 heterocycles. The van der Waals surface area contributed by atoms with Crippen LogP contribution in [0.1, 0.15) is 133 Å². The average Bonchev–Trinajstić information content (AvgIpc) is 1.81. The fourth-order valence-electron chi connectivity index (χ4n) is 11.6. The molecule has 3 rings (SSSR count). The highest BCUT2D eigenvalue weighted by Crippen LogP contribution is 2.31. The second kappa shape index (κ2) is 36.9. The van der Waals surface area contributed by atoms with Gasteiger partial charge in [0.25, 0.3) is 0 Å². The van der Waals surface area contributed by atoms with Crippen molar-refractivity contribution in [2.24, 2.45) is 35.3 Å². The number of carbonyl (C=O) groups is 10. The lowest BCUT2D eigenvalue weighted by atomic mass is 9.89. The molecule has 0 saturated carbocycles. The summed E-state index contributed by atoms with van der Waals surface area (Å²) in [6.07, 6.45) is -6.13. The van der Waals surface area contributed by atoms with E-state index in [1.807, 2.05) is 65.6 Å². The Morgan fingerprint density at radius 2 is 1.32 bits per heavy atom. The van der Waals surface area contributed by atoms with Gasteiger partial charge in [0.1, 0.15) is 29.8 Å². The van der Waals surface area contributed by atoms with Crippen molar-refractivity contribution in [1.82, 2.24) is 41.3 Å². The van der Waals surface area contributed by atoms with E-state index in [1.165, 1.54) is 26.0 Å². The lowest BCUT2D eigenvalue weighted by molar-refractivity contribution is -0.202. The average molecular weight is 1320 g/mol. The number of nitrogens with one attached hydrogen (secondary N) is 5. The van der Waals surface area contributed by atoms with Crippen LogP contribution >= 0.6 is 0 Å². The second-order valence-electron chi connectivity index (χ2n) is 26.1. The number of likely N-dealkylation sites (N-methyl/N-ethyl adjacent to an activating group) is 3. The first-order valence-electron chi connectivity index (χ1n) is 31.9. The Bertz CT molecular complexity index is 2800. The van der Waals surface area contributed by atoms with Gasteiger partial charge in [-0.3, -0.25) is 33.7 Å². The van der Waals surface area contributed by atoms with E-state index in [9.17, 15) is 61.1 Å². The van der Waals surface area contributed by atoms with Crippen molar-refractivity contribution in [3.8, 4) is 0 Å². The first-order chi connectivity index (χ1) is 43.4. The molecule has 2 aromatic carbocycles. The monoisotopic (exact) mass is 1320 g/mol. The smallest absolute Gasteiger partial charge is 0.444 e. The summed E-state index contributed by atoms with van der Waals surface area (Å²) in [4.78, 5) is 141. The fraction of sp³-hybridized carbons (Fsp3) is 0.667. The summed E-state index contributed by atoms with van der Waals surface area (Å²) in [6, 6.07) is 7.82. The van der Waals surface area contributed by atoms with Crippen molar-refractivity contribution in [3.63, 3.8) is 0 Å². The molecule has 522 valence electrons. The van der Waals surface area contributed by atoms with E-state index in [0.29, 0.717) is 49.9 Å². The Hall–Kier alpha value is -7.39. The molecule has 9 amide bonds. The Morgan fingerprint density at radius 1 is 0.720 bits per heavy atom. The SMILES string of the molecule is CC[C@H](C)[C@@H]([C@@H](CC(=O)N1CCC[C@H]1[C@H](OC)[C@@H](C)C(=O)N[C@@H](Cc1ccccc1)C(=O)OC(=O)C(F)(F)F)OC)N(C)C(=O)[C@@H](NC(=O)[C@H](C(C)C)N(C)CCc1ccc(N(C)C(=O)[C@H](CCCNC(N)=O)NC(=O)[C@@H](NC(=O)OC(C)(C)C)C(C)C)cc1)C(C)C. The summed E-state index contributed by atoms with van der Waals surface area (Å²) in [5, 5.41) is 13.4. The van der Waals surface area contributed by atoms with E-state index >= 15 is 0 Å². The number of rotatable bonds is 34. The third-order valence-corrected chi connectivity index (χ3v) is 16.8. The number of likely N-dealkylation sites (tertiary alicyclic amines) is 1. The van der Waals surface area contributed by atoms with E-state index in [2.05, 4.69) is 31.3 Å². The molecule has 1 aliphatic rings. The number of hydrogen-bond acceptors (Lipinski definition) is 15. The Morgan fingerprint density at radius 3 is 1.85 bits per heavy atom. The summed E-state index contributed by atoms with van der Waals surface area (Å²) < 4.78 is 60.9. The highest BCUT2D eigenvalue weighted by atomic mass is 19.4. The number of benzene rings is 2. The van der Waals surface area contributed by atoms with Gasteiger partial charge >= 0.3 is 30.2 Å². The van der Waals surface area contributed by atoms with Crippen molar-refractivity contribution in [3.05, 3.63) is 65.7 Å². The minimum atomic E-state index is -5.47. The number of primary amides is 1. The molecular formula is C66H103F3N10O14. The molecule has 7 N–H and O–H groups in total. The van der Waals surface area contributed by atoms with Crippen LogP contribution in [0.3, 0.4) is 0 Å². The molecule has 0 aliphatic carbocycles. The first kappa shape index (κ1) is 79.8. The van der Waals surface area contributed by atoms with Crippen LogP contribution in [0.5, 0.6) is 0 Å². The van der Waals surface area contributed by atoms with Crippen LogP contribution in [0, 0.1) is 29.6 Å². The molecule has 27 heteroatoms. The van der Waals surface area contributed by atoms with Crippen LogP contribution in [0.4, 0.5) is 28.4 Å². The topological polar surface area (TPSA) is 307 Å². The Labute approximate surface area is 546 Å². The van der Waals surface area contributed by atoms with Crippen LogP contribution in [-0.2, 0) is 70.1 Å². The summed E-state index contributed by atoms with van der Waals surface area (Å²) in [5.41, 5.74) is 6.31. The number of alkyl halides is 3. The van der Waals surface area contributed by atoms with E-state index in [1.54, 1.807) is 101 Å². The number of halogens is 3. The fourth-order valence-corrected chi connectivity index (χ4v) is 11.6. The van der Waals surface area contributed by atoms with E-state index in [4.69, 9.17) is 19.9 Å². The molecule has 93 heavy (non-hydrogen) atoms. The zero-order valence-electron chi connectivity index (χ0n) is 57.3. The lowest BCUT2D eigenvalue weighted by Gasteiger charge is -2.41. The minimum Gasteiger partial charge on any atom is -0.444 e. The number of ether oxygens (including phenoxy) is 4. The minimum absolute atomic E-state index is 0.132. The van der Waals surface area contributed by atoms with Crippen molar-refractivity contribution in [1.29, 1.82) is 0 Å². The third kappa shape index (κ3) is 24.5. The highest BCUT2D eigenvalue weighted by Gasteiger charge is 2.46. The quantitative estimate of drug-likeness (QED) is 0.0264. The van der Waals surface area contributed by atoms with Gasteiger partial charge < -0.3 is 66.0 Å². The molecule has 0 unspecified atom stereocenters. The van der Waals surface area contributed by atoms with Gasteiger partial charge in [-0.2, -0.15) is 13.2 Å². The van der Waals surface area contributed by atoms with Crippen molar-refractivity contribution >= 4 is 65.2 Å². The largest absolute Gasteiger partial charge is 0.491 e. The number of nitrogens with two attached hydrogens (primary N) is 1. The lowest BCUT2D eigenvalue weighted by Crippen LogP contribution is -2.60. The number of nitrogens with zero attached hydrogens (tertiary/aromatic N) is 4. The molecule has 0 radical (unpaired) electrons. The molecule has 1 aliphatic heterocycles. The number of carbonyl (C=O) groups excluding carboxylic acids is 10. The number of urea groups is 1. The number of alkyl carbamates (subject to hydrolysis) is 1. The number of amides is 9. The Kier molecular flexibility index (Phi) is 31.7. The molecular weight excluding hydrogens is 1210 g/mol. The van der Waals surface area contributed by atoms with Crippen molar-refractivity contribution in [2.75, 3.05) is 59.9 Å². The van der Waals surface area contributed by atoms with Crippen molar-refractivity contribution in [2.45, 2.75) is 201 Å². The van der Waals surface area contributed by atoms with Gasteiger partial charge in [-0.25, -0.2) is 19.2 Å². The van der Waals surface area contributed by atoms with E-state index < -0.39 is 120 Å². The normalized spacial score (nSPS) is 16.8. The summed E-state index contributed by atoms with van der Waals surface area (Å²) in [6.45, 7) is 22.3. The van der Waals surface area contributed by atoms with Gasteiger partial charge in [-0.05, 0) is 107 Å². The van der Waals surface area contributed by atoms with Crippen LogP contribution in [0.25, 0.3) is 0 Å². The summed E-state index contributed by atoms with van der Waals surface area (Å²) >= 11 is 0. The van der Waals surface area contributed by atoms with Crippen LogP contribution in [0.2, 0.25) is 0 Å². The molecule has 1 saturated heterocycles. The second-order valence-corrected chi connectivity index (χ2v) is 26.1. The maximum absolute atomic E-state index is 14.9. The number of hydrogen-bond donors (Lipinski definition) is 6. The number of esters is 2. The molecule has 11 atom stereocenters. The summed E-state index contributed by atoms with van der Waals surface area (Å²) in [5.74, 6) is -9.57. The molecule has 1 fully saturated rings. The van der Waals surface area contributed by atoms with Gasteiger partial charge in [0.15, 0.2) is 0 Å². The van der Waals surface area contributed by atoms with E-state index in [-0.39, 0.29) is 67.8 Å². The molecule has 0 spiro atoms. The van der Waals surface area contributed by atoms with Crippen LogP contribution in [-0.4, -0.2) is 195 Å². The van der Waals surface area contributed by atoms with Crippen LogP contribution in [0.15, 0.2) is 54.6 Å². The molecule has 2 aromatic rings. The van der Waals surface area contributed by atoms with Crippen LogP contribution < -0.4 is 37.2 Å². The van der Waals surface area contributed by atoms with Gasteiger partial charge in [-0.15, -0.1) is 0 Å².